The molecule has 6 heteroatoms. The minimum absolute atomic E-state index is 0.0122. The van der Waals surface area contributed by atoms with Crippen molar-refractivity contribution in [2.24, 2.45) is 9.98 Å². The summed E-state index contributed by atoms with van der Waals surface area (Å²) >= 11 is 0. The van der Waals surface area contributed by atoms with Crippen molar-refractivity contribution in [1.29, 1.82) is 0 Å². The Labute approximate surface area is 106 Å². The molecule has 0 aromatic rings. The summed E-state index contributed by atoms with van der Waals surface area (Å²) in [5, 5.41) is 18.4. The van der Waals surface area contributed by atoms with Crippen LogP contribution in [0.1, 0.15) is 38.5 Å². The van der Waals surface area contributed by atoms with Gasteiger partial charge in [-0.05, 0) is 25.7 Å². The van der Waals surface area contributed by atoms with Crippen LogP contribution in [-0.4, -0.2) is 47.7 Å². The van der Waals surface area contributed by atoms with Gasteiger partial charge in [-0.25, -0.2) is 14.6 Å². The summed E-state index contributed by atoms with van der Waals surface area (Å²) in [4.78, 5) is 27.1. The number of rotatable bonds is 11. The highest BCUT2D eigenvalue weighted by molar-refractivity contribution is 5.33. The second-order valence-electron chi connectivity index (χ2n) is 4.04. The monoisotopic (exact) mass is 256 g/mol. The standard InChI is InChI=1S/C12H20N2O4/c15-8-4-6-12(18)11(14-10-17)5-2-1-3-7-13-9-16/h11-12,15,18H,1-8H2. The Morgan fingerprint density at radius 3 is 2.39 bits per heavy atom. The Balaban J connectivity index is 3.88. The molecule has 2 unspecified atom stereocenters. The fourth-order valence-corrected chi connectivity index (χ4v) is 1.67. The fourth-order valence-electron chi connectivity index (χ4n) is 1.67. The Morgan fingerprint density at radius 2 is 1.78 bits per heavy atom. The summed E-state index contributed by atoms with van der Waals surface area (Å²) in [6.07, 6.45) is 6.14. The van der Waals surface area contributed by atoms with Crippen LogP contribution < -0.4 is 0 Å². The third kappa shape index (κ3) is 8.79. The number of aliphatic imine (C=N–C) groups is 2. The maximum atomic E-state index is 10.3. The number of isocyanates is 2. The smallest absolute Gasteiger partial charge is 0.235 e. The highest BCUT2D eigenvalue weighted by Crippen LogP contribution is 2.13. The molecule has 0 radical (unpaired) electrons. The molecule has 0 aliphatic heterocycles. The lowest BCUT2D eigenvalue weighted by Crippen LogP contribution is -2.24. The molecule has 0 saturated carbocycles. The number of aliphatic hydroxyl groups excluding tert-OH is 2. The Hall–Kier alpha value is -1.32. The highest BCUT2D eigenvalue weighted by Gasteiger charge is 2.17. The lowest BCUT2D eigenvalue weighted by atomic mass is 10.0. The molecule has 0 rings (SSSR count). The molecular formula is C12H20N2O4. The van der Waals surface area contributed by atoms with Crippen molar-refractivity contribution < 1.29 is 19.8 Å². The van der Waals surface area contributed by atoms with E-state index < -0.39 is 12.1 Å². The maximum absolute atomic E-state index is 10.3. The molecule has 0 spiro atoms. The van der Waals surface area contributed by atoms with Gasteiger partial charge in [0.05, 0.1) is 18.7 Å². The van der Waals surface area contributed by atoms with E-state index in [1.54, 1.807) is 0 Å². The van der Waals surface area contributed by atoms with Gasteiger partial charge in [-0.15, -0.1) is 0 Å². The summed E-state index contributed by atoms with van der Waals surface area (Å²) in [7, 11) is 0. The molecule has 0 aliphatic rings. The molecular weight excluding hydrogens is 236 g/mol. The van der Waals surface area contributed by atoms with Gasteiger partial charge in [0, 0.05) is 6.61 Å². The summed E-state index contributed by atoms with van der Waals surface area (Å²) in [6.45, 7) is 0.469. The van der Waals surface area contributed by atoms with Gasteiger partial charge in [-0.3, -0.25) is 0 Å². The van der Waals surface area contributed by atoms with Crippen LogP contribution in [0, 0.1) is 0 Å². The van der Waals surface area contributed by atoms with Crippen molar-refractivity contribution >= 4 is 12.2 Å². The van der Waals surface area contributed by atoms with Crippen molar-refractivity contribution in [3.05, 3.63) is 0 Å². The number of hydrogen-bond donors (Lipinski definition) is 2. The molecule has 6 nitrogen and oxygen atoms in total. The minimum atomic E-state index is -0.716. The zero-order chi connectivity index (χ0) is 13.6. The minimum Gasteiger partial charge on any atom is -0.396 e. The first kappa shape index (κ1) is 16.7. The fraction of sp³-hybridized carbons (Fsp3) is 0.833. The van der Waals surface area contributed by atoms with Crippen LogP contribution in [0.4, 0.5) is 0 Å². The van der Waals surface area contributed by atoms with E-state index in [4.69, 9.17) is 5.11 Å². The first-order valence-electron chi connectivity index (χ1n) is 6.15. The number of hydrogen-bond acceptors (Lipinski definition) is 6. The highest BCUT2D eigenvalue weighted by atomic mass is 16.3. The van der Waals surface area contributed by atoms with Crippen molar-refractivity contribution in [2.45, 2.75) is 50.7 Å². The van der Waals surface area contributed by atoms with E-state index in [1.165, 1.54) is 12.2 Å². The van der Waals surface area contributed by atoms with E-state index >= 15 is 0 Å². The molecule has 0 fully saturated rings. The topological polar surface area (TPSA) is 99.3 Å². The van der Waals surface area contributed by atoms with Crippen LogP contribution in [-0.2, 0) is 9.59 Å². The molecule has 102 valence electrons. The predicted molar refractivity (Wildman–Crippen MR) is 65.7 cm³/mol. The molecule has 18 heavy (non-hydrogen) atoms. The van der Waals surface area contributed by atoms with E-state index in [0.717, 1.165) is 19.3 Å². The van der Waals surface area contributed by atoms with Gasteiger partial charge >= 0.3 is 0 Å². The van der Waals surface area contributed by atoms with E-state index in [2.05, 4.69) is 9.98 Å². The summed E-state index contributed by atoms with van der Waals surface area (Å²) in [5.74, 6) is 0. The van der Waals surface area contributed by atoms with Gasteiger partial charge in [0.25, 0.3) is 0 Å². The first-order valence-corrected chi connectivity index (χ1v) is 6.15. The van der Waals surface area contributed by atoms with Crippen LogP contribution in [0.25, 0.3) is 0 Å². The molecule has 0 heterocycles. The lowest BCUT2D eigenvalue weighted by Gasteiger charge is -2.17. The van der Waals surface area contributed by atoms with Gasteiger partial charge in [0.2, 0.25) is 12.2 Å². The normalized spacial score (nSPS) is 13.2. The van der Waals surface area contributed by atoms with Crippen LogP contribution in [0.5, 0.6) is 0 Å². The molecule has 2 N–H and O–H groups in total. The molecule has 0 amide bonds. The molecule has 0 aromatic heterocycles. The first-order chi connectivity index (χ1) is 8.76. The Bertz CT molecular complexity index is 296. The van der Waals surface area contributed by atoms with E-state index in [1.807, 2.05) is 0 Å². The SMILES string of the molecule is O=C=NCCCCCC(N=C=O)C(O)CCCO. The number of nitrogens with zero attached hydrogens (tertiary/aromatic N) is 2. The van der Waals surface area contributed by atoms with E-state index in [0.29, 0.717) is 25.8 Å². The van der Waals surface area contributed by atoms with Crippen LogP contribution in [0.2, 0.25) is 0 Å². The van der Waals surface area contributed by atoms with E-state index in [9.17, 15) is 14.7 Å². The zero-order valence-corrected chi connectivity index (χ0v) is 10.4. The van der Waals surface area contributed by atoms with Gasteiger partial charge < -0.3 is 10.2 Å². The van der Waals surface area contributed by atoms with Crippen LogP contribution in [0.15, 0.2) is 9.98 Å². The Kier molecular flexibility index (Phi) is 11.3. The van der Waals surface area contributed by atoms with Crippen molar-refractivity contribution in [3.8, 4) is 0 Å². The van der Waals surface area contributed by atoms with Gasteiger partial charge in [0.15, 0.2) is 0 Å². The maximum Gasteiger partial charge on any atom is 0.235 e. The largest absolute Gasteiger partial charge is 0.396 e. The quantitative estimate of drug-likeness (QED) is 0.323. The Morgan fingerprint density at radius 1 is 1.00 bits per heavy atom. The van der Waals surface area contributed by atoms with Crippen molar-refractivity contribution in [1.82, 2.24) is 0 Å². The van der Waals surface area contributed by atoms with Gasteiger partial charge in [-0.2, -0.15) is 4.99 Å². The summed E-state index contributed by atoms with van der Waals surface area (Å²) in [5.41, 5.74) is 0. The average molecular weight is 256 g/mol. The van der Waals surface area contributed by atoms with Crippen molar-refractivity contribution in [2.75, 3.05) is 13.2 Å². The third-order valence-corrected chi connectivity index (χ3v) is 2.66. The summed E-state index contributed by atoms with van der Waals surface area (Å²) in [6, 6.07) is -0.455. The molecule has 0 bridgehead atoms. The molecule has 0 aromatic carbocycles. The molecule has 0 saturated heterocycles. The molecule has 2 atom stereocenters. The zero-order valence-electron chi connectivity index (χ0n) is 10.4. The number of aliphatic hydroxyl groups is 2. The van der Waals surface area contributed by atoms with Gasteiger partial charge in [0.1, 0.15) is 0 Å². The molecule has 0 aliphatic carbocycles. The van der Waals surface area contributed by atoms with E-state index in [-0.39, 0.29) is 6.61 Å². The van der Waals surface area contributed by atoms with Crippen molar-refractivity contribution in [3.63, 3.8) is 0 Å². The second kappa shape index (κ2) is 12.1. The average Bonchev–Trinajstić information content (AvgIpc) is 2.38. The third-order valence-electron chi connectivity index (χ3n) is 2.66. The number of unbranched alkanes of at least 4 members (excludes halogenated alkanes) is 2. The number of carbonyl (C=O) groups excluding carboxylic acids is 2. The summed E-state index contributed by atoms with van der Waals surface area (Å²) < 4.78 is 0. The predicted octanol–water partition coefficient (Wildman–Crippen LogP) is 0.720. The lowest BCUT2D eigenvalue weighted by molar-refractivity contribution is 0.119. The van der Waals surface area contributed by atoms with Crippen LogP contribution >= 0.6 is 0 Å². The van der Waals surface area contributed by atoms with Crippen LogP contribution in [0.3, 0.4) is 0 Å². The second-order valence-corrected chi connectivity index (χ2v) is 4.04. The van der Waals surface area contributed by atoms with Gasteiger partial charge in [-0.1, -0.05) is 12.8 Å².